The third-order valence-electron chi connectivity index (χ3n) is 6.20. The Balaban J connectivity index is 1.54. The largest absolute Gasteiger partial charge is 0.338 e. The summed E-state index contributed by atoms with van der Waals surface area (Å²) in [5.41, 5.74) is 3.48. The molecule has 2 aliphatic rings. The van der Waals surface area contributed by atoms with Crippen molar-refractivity contribution in [3.8, 4) is 0 Å². The van der Waals surface area contributed by atoms with Gasteiger partial charge in [-0.1, -0.05) is 54.4 Å². The van der Waals surface area contributed by atoms with Gasteiger partial charge in [0.2, 0.25) is 0 Å². The summed E-state index contributed by atoms with van der Waals surface area (Å²) in [7, 11) is 0. The summed E-state index contributed by atoms with van der Waals surface area (Å²) >= 11 is 0. The van der Waals surface area contributed by atoms with Crippen LogP contribution >= 0.6 is 0 Å². The van der Waals surface area contributed by atoms with Gasteiger partial charge in [0, 0.05) is 31.1 Å². The summed E-state index contributed by atoms with van der Waals surface area (Å²) in [5.74, 6) is 1.12. The van der Waals surface area contributed by atoms with Crippen LogP contribution in [0.5, 0.6) is 0 Å². The quantitative estimate of drug-likeness (QED) is 0.808. The fourth-order valence-corrected chi connectivity index (χ4v) is 4.65. The van der Waals surface area contributed by atoms with E-state index in [1.807, 2.05) is 30.3 Å². The van der Waals surface area contributed by atoms with Crippen LogP contribution in [0.4, 0.5) is 0 Å². The van der Waals surface area contributed by atoms with Crippen molar-refractivity contribution >= 4 is 5.91 Å². The Hall–Kier alpha value is -2.13. The van der Waals surface area contributed by atoms with E-state index in [1.165, 1.54) is 43.5 Å². The maximum absolute atomic E-state index is 13.0. The van der Waals surface area contributed by atoms with Gasteiger partial charge in [-0.05, 0) is 56.5 Å². The molecule has 3 nitrogen and oxygen atoms in total. The van der Waals surface area contributed by atoms with Crippen molar-refractivity contribution in [3.63, 3.8) is 0 Å². The predicted octanol–water partition coefficient (Wildman–Crippen LogP) is 4.34. The van der Waals surface area contributed by atoms with E-state index in [1.54, 1.807) is 0 Å². The number of amides is 1. The molecule has 2 aromatic carbocycles. The lowest BCUT2D eigenvalue weighted by Crippen LogP contribution is -2.36. The minimum absolute atomic E-state index is 0.175. The topological polar surface area (TPSA) is 23.6 Å². The number of benzene rings is 2. The van der Waals surface area contributed by atoms with E-state index in [-0.39, 0.29) is 5.91 Å². The molecule has 0 N–H and O–H groups in total. The van der Waals surface area contributed by atoms with Gasteiger partial charge < -0.3 is 9.80 Å². The fraction of sp³-hybridized carbons (Fsp3) is 0.458. The summed E-state index contributed by atoms with van der Waals surface area (Å²) in [6.45, 7) is 7.36. The first-order valence-electron chi connectivity index (χ1n) is 10.3. The minimum atomic E-state index is 0.175. The molecule has 2 fully saturated rings. The van der Waals surface area contributed by atoms with Crippen LogP contribution in [0.1, 0.15) is 46.7 Å². The van der Waals surface area contributed by atoms with E-state index in [9.17, 15) is 4.79 Å². The molecule has 2 unspecified atom stereocenters. The highest BCUT2D eigenvalue weighted by molar-refractivity contribution is 5.94. The zero-order chi connectivity index (χ0) is 18.6. The molecule has 2 heterocycles. The third-order valence-corrected chi connectivity index (χ3v) is 6.20. The molecule has 3 heteroatoms. The van der Waals surface area contributed by atoms with E-state index in [4.69, 9.17) is 0 Å². The van der Waals surface area contributed by atoms with Gasteiger partial charge in [-0.2, -0.15) is 0 Å². The molecular weight excluding hydrogens is 332 g/mol. The molecule has 0 saturated carbocycles. The van der Waals surface area contributed by atoms with E-state index in [0.29, 0.717) is 11.8 Å². The van der Waals surface area contributed by atoms with Crippen molar-refractivity contribution in [1.29, 1.82) is 0 Å². The van der Waals surface area contributed by atoms with Crippen molar-refractivity contribution < 1.29 is 4.79 Å². The number of likely N-dealkylation sites (tertiary alicyclic amines) is 2. The molecule has 2 atom stereocenters. The summed E-state index contributed by atoms with van der Waals surface area (Å²) in [6, 6.07) is 18.7. The van der Waals surface area contributed by atoms with Gasteiger partial charge >= 0.3 is 0 Å². The van der Waals surface area contributed by atoms with Gasteiger partial charge in [0.15, 0.2) is 0 Å². The molecule has 0 aromatic heterocycles. The van der Waals surface area contributed by atoms with Crippen LogP contribution in [0, 0.1) is 12.8 Å². The van der Waals surface area contributed by atoms with Crippen molar-refractivity contribution in [2.24, 2.45) is 5.92 Å². The molecule has 0 bridgehead atoms. The maximum Gasteiger partial charge on any atom is 0.253 e. The zero-order valence-corrected chi connectivity index (χ0v) is 16.3. The van der Waals surface area contributed by atoms with Crippen LogP contribution in [0.25, 0.3) is 0 Å². The van der Waals surface area contributed by atoms with Crippen molar-refractivity contribution in [1.82, 2.24) is 9.80 Å². The summed E-state index contributed by atoms with van der Waals surface area (Å²) in [6.07, 6.45) is 3.99. The molecule has 2 saturated heterocycles. The normalized spacial score (nSPS) is 23.5. The number of aryl methyl sites for hydroxylation is 1. The van der Waals surface area contributed by atoms with Gasteiger partial charge in [0.25, 0.3) is 5.91 Å². The highest BCUT2D eigenvalue weighted by Gasteiger charge is 2.37. The number of carbonyl (C=O) groups is 1. The molecule has 2 aliphatic heterocycles. The number of hydrogen-bond donors (Lipinski definition) is 0. The molecular formula is C24H30N2O. The van der Waals surface area contributed by atoms with Crippen LogP contribution in [0.15, 0.2) is 54.6 Å². The summed E-state index contributed by atoms with van der Waals surface area (Å²) in [5, 5.41) is 0. The SMILES string of the molecule is Cc1ccc(C2CN(C(=O)c3ccccc3)CC2CN2CCCCC2)cc1. The third kappa shape index (κ3) is 4.24. The van der Waals surface area contributed by atoms with Crippen molar-refractivity contribution in [2.45, 2.75) is 32.1 Å². The molecule has 0 spiro atoms. The maximum atomic E-state index is 13.0. The Bertz CT molecular complexity index is 750. The zero-order valence-electron chi connectivity index (χ0n) is 16.3. The molecule has 0 aliphatic carbocycles. The van der Waals surface area contributed by atoms with Crippen LogP contribution in [-0.2, 0) is 0 Å². The lowest BCUT2D eigenvalue weighted by atomic mass is 9.88. The Kier molecular flexibility index (Phi) is 5.58. The number of rotatable bonds is 4. The Labute approximate surface area is 163 Å². The second-order valence-electron chi connectivity index (χ2n) is 8.21. The van der Waals surface area contributed by atoms with Crippen LogP contribution in [-0.4, -0.2) is 48.4 Å². The van der Waals surface area contributed by atoms with E-state index in [2.05, 4.69) is 41.0 Å². The number of piperidine rings is 1. The predicted molar refractivity (Wildman–Crippen MR) is 110 cm³/mol. The lowest BCUT2D eigenvalue weighted by Gasteiger charge is -2.31. The first kappa shape index (κ1) is 18.2. The monoisotopic (exact) mass is 362 g/mol. The number of carbonyl (C=O) groups excluding carboxylic acids is 1. The van der Waals surface area contributed by atoms with Crippen LogP contribution in [0.2, 0.25) is 0 Å². The standard InChI is InChI=1S/C24H30N2O/c1-19-10-12-20(13-11-19)23-18-26(24(27)21-8-4-2-5-9-21)17-22(23)16-25-14-6-3-7-15-25/h2,4-5,8-13,22-23H,3,6-7,14-18H2,1H3. The van der Waals surface area contributed by atoms with Gasteiger partial charge in [0.1, 0.15) is 0 Å². The van der Waals surface area contributed by atoms with E-state index in [0.717, 1.165) is 25.2 Å². The highest BCUT2D eigenvalue weighted by Crippen LogP contribution is 2.34. The Morgan fingerprint density at radius 2 is 1.63 bits per heavy atom. The molecule has 0 radical (unpaired) electrons. The number of nitrogens with zero attached hydrogens (tertiary/aromatic N) is 2. The van der Waals surface area contributed by atoms with E-state index < -0.39 is 0 Å². The minimum Gasteiger partial charge on any atom is -0.338 e. The smallest absolute Gasteiger partial charge is 0.253 e. The first-order chi connectivity index (χ1) is 13.2. The van der Waals surface area contributed by atoms with Crippen LogP contribution in [0.3, 0.4) is 0 Å². The van der Waals surface area contributed by atoms with Gasteiger partial charge in [0.05, 0.1) is 0 Å². The highest BCUT2D eigenvalue weighted by atomic mass is 16.2. The summed E-state index contributed by atoms with van der Waals surface area (Å²) < 4.78 is 0. The molecule has 27 heavy (non-hydrogen) atoms. The van der Waals surface area contributed by atoms with E-state index >= 15 is 0 Å². The summed E-state index contributed by atoms with van der Waals surface area (Å²) in [4.78, 5) is 17.7. The second-order valence-corrected chi connectivity index (χ2v) is 8.21. The van der Waals surface area contributed by atoms with Gasteiger partial charge in [-0.3, -0.25) is 4.79 Å². The molecule has 2 aromatic rings. The fourth-order valence-electron chi connectivity index (χ4n) is 4.65. The van der Waals surface area contributed by atoms with Gasteiger partial charge in [-0.15, -0.1) is 0 Å². The van der Waals surface area contributed by atoms with Gasteiger partial charge in [-0.25, -0.2) is 0 Å². The Morgan fingerprint density at radius 3 is 2.33 bits per heavy atom. The lowest BCUT2D eigenvalue weighted by molar-refractivity contribution is 0.0782. The molecule has 4 rings (SSSR count). The average molecular weight is 363 g/mol. The van der Waals surface area contributed by atoms with Crippen molar-refractivity contribution in [2.75, 3.05) is 32.7 Å². The number of hydrogen-bond acceptors (Lipinski definition) is 2. The van der Waals surface area contributed by atoms with Crippen LogP contribution < -0.4 is 0 Å². The average Bonchev–Trinajstić information content (AvgIpc) is 3.13. The molecule has 1 amide bonds. The Morgan fingerprint density at radius 1 is 0.926 bits per heavy atom. The second kappa shape index (κ2) is 8.26. The first-order valence-corrected chi connectivity index (χ1v) is 10.3. The molecule has 142 valence electrons. The van der Waals surface area contributed by atoms with Crippen molar-refractivity contribution in [3.05, 3.63) is 71.3 Å².